The first-order chi connectivity index (χ1) is 5.77. The monoisotopic (exact) mass is 354 g/mol. The maximum atomic E-state index is 11.0. The molecule has 0 amide bonds. The van der Waals surface area contributed by atoms with Gasteiger partial charge in [-0.25, -0.2) is 4.79 Å². The van der Waals surface area contributed by atoms with Gasteiger partial charge in [0.1, 0.15) is 0 Å². The van der Waals surface area contributed by atoms with E-state index in [2.05, 4.69) is 11.7 Å². The van der Waals surface area contributed by atoms with Crippen molar-refractivity contribution in [2.24, 2.45) is 0 Å². The Kier molecular flexibility index (Phi) is 9.84. The fourth-order valence-corrected chi connectivity index (χ4v) is 0.925. The molecule has 0 fully saturated rings. The van der Waals surface area contributed by atoms with Crippen LogP contribution in [0, 0.1) is 6.92 Å². The minimum Gasteiger partial charge on any atom is -1.00 e. The van der Waals surface area contributed by atoms with Crippen LogP contribution in [0.25, 0.3) is 0 Å². The van der Waals surface area contributed by atoms with Gasteiger partial charge in [0.2, 0.25) is 0 Å². The first kappa shape index (κ1) is 16.5. The molecule has 0 aliphatic carbocycles. The van der Waals surface area contributed by atoms with E-state index in [1.54, 1.807) is 12.1 Å². The second-order valence-corrected chi connectivity index (χ2v) is 2.44. The third-order valence-corrected chi connectivity index (χ3v) is 1.66. The third-order valence-electron chi connectivity index (χ3n) is 1.66. The summed E-state index contributed by atoms with van der Waals surface area (Å²) in [6, 6.07) is 7.23. The first-order valence-electron chi connectivity index (χ1n) is 3.74. The van der Waals surface area contributed by atoms with E-state index in [9.17, 15) is 4.79 Å². The molecule has 0 aromatic heterocycles. The SMILES string of the molecule is [CH2-]Cc1ccc(C(=O)OC)cc1.[I-].[Zn+2]. The predicted molar refractivity (Wildman–Crippen MR) is 46.8 cm³/mol. The Hall–Kier alpha value is 0.0434. The molecule has 0 radical (unpaired) electrons. The van der Waals surface area contributed by atoms with Gasteiger partial charge in [0.15, 0.2) is 0 Å². The molecule has 0 unspecified atom stereocenters. The van der Waals surface area contributed by atoms with Crippen LogP contribution >= 0.6 is 0 Å². The summed E-state index contributed by atoms with van der Waals surface area (Å²) in [4.78, 5) is 11.0. The maximum absolute atomic E-state index is 11.0. The molecule has 14 heavy (non-hydrogen) atoms. The van der Waals surface area contributed by atoms with Gasteiger partial charge in [-0.15, -0.1) is 0 Å². The summed E-state index contributed by atoms with van der Waals surface area (Å²) in [5.41, 5.74) is 1.69. The molecule has 4 heteroatoms. The Morgan fingerprint density at radius 3 is 2.21 bits per heavy atom. The number of esters is 1. The summed E-state index contributed by atoms with van der Waals surface area (Å²) in [5.74, 6) is -0.300. The van der Waals surface area contributed by atoms with Crippen molar-refractivity contribution in [3.05, 3.63) is 42.3 Å². The number of hydrogen-bond donors (Lipinski definition) is 0. The number of halogens is 1. The van der Waals surface area contributed by atoms with Crippen molar-refractivity contribution in [1.82, 2.24) is 0 Å². The Balaban J connectivity index is 0. The number of carbonyl (C=O) groups is 1. The Labute approximate surface area is 114 Å². The quantitative estimate of drug-likeness (QED) is 0.290. The normalized spacial score (nSPS) is 8.14. The van der Waals surface area contributed by atoms with Crippen molar-refractivity contribution in [1.29, 1.82) is 0 Å². The molecule has 0 spiro atoms. The van der Waals surface area contributed by atoms with Crippen LogP contribution < -0.4 is 24.0 Å². The van der Waals surface area contributed by atoms with Crippen molar-refractivity contribution in [2.75, 3.05) is 7.11 Å². The maximum Gasteiger partial charge on any atom is 2.00 e. The zero-order valence-corrected chi connectivity index (χ0v) is 13.2. The third kappa shape index (κ3) is 4.51. The largest absolute Gasteiger partial charge is 2.00 e. The van der Waals surface area contributed by atoms with Gasteiger partial charge in [-0.2, -0.15) is 6.42 Å². The van der Waals surface area contributed by atoms with Crippen LogP contribution in [-0.2, 0) is 30.6 Å². The van der Waals surface area contributed by atoms with E-state index in [1.165, 1.54) is 7.11 Å². The van der Waals surface area contributed by atoms with Crippen LogP contribution in [0.1, 0.15) is 15.9 Å². The number of ether oxygens (including phenoxy) is 1. The predicted octanol–water partition coefficient (Wildman–Crippen LogP) is -1.15. The topological polar surface area (TPSA) is 26.3 Å². The van der Waals surface area contributed by atoms with E-state index < -0.39 is 0 Å². The number of benzene rings is 1. The van der Waals surface area contributed by atoms with Gasteiger partial charge in [0, 0.05) is 0 Å². The Morgan fingerprint density at radius 1 is 1.36 bits per heavy atom. The zero-order chi connectivity index (χ0) is 8.97. The molecule has 0 aliphatic rings. The number of rotatable bonds is 2. The van der Waals surface area contributed by atoms with Gasteiger partial charge in [0.05, 0.1) is 12.7 Å². The molecule has 1 aromatic carbocycles. The van der Waals surface area contributed by atoms with Gasteiger partial charge in [0.25, 0.3) is 0 Å². The van der Waals surface area contributed by atoms with Crippen molar-refractivity contribution in [3.63, 3.8) is 0 Å². The fraction of sp³-hybridized carbons (Fsp3) is 0.200. The van der Waals surface area contributed by atoms with Crippen LogP contribution in [0.3, 0.4) is 0 Å². The van der Waals surface area contributed by atoms with Gasteiger partial charge in [-0.3, -0.25) is 0 Å². The van der Waals surface area contributed by atoms with Crippen molar-refractivity contribution in [2.45, 2.75) is 6.42 Å². The molecule has 0 aliphatic heterocycles. The molecule has 0 bridgehead atoms. The molecule has 0 saturated heterocycles. The summed E-state index contributed by atoms with van der Waals surface area (Å²) in [7, 11) is 1.37. The van der Waals surface area contributed by atoms with Crippen molar-refractivity contribution < 1.29 is 53.0 Å². The average Bonchev–Trinajstić information content (AvgIpc) is 2.17. The number of methoxy groups -OCH3 is 1. The summed E-state index contributed by atoms with van der Waals surface area (Å²) >= 11 is 0. The number of hydrogen-bond acceptors (Lipinski definition) is 2. The Bertz CT molecular complexity index is 272. The molecule has 0 N–H and O–H groups in total. The smallest absolute Gasteiger partial charge is 1.00 e. The van der Waals surface area contributed by atoms with Crippen molar-refractivity contribution in [3.8, 4) is 0 Å². The molecule has 0 heterocycles. The second kappa shape index (κ2) is 8.36. The Morgan fingerprint density at radius 2 is 1.86 bits per heavy atom. The summed E-state index contributed by atoms with van der Waals surface area (Å²) in [6.07, 6.45) is 0.738. The molecule has 0 saturated carbocycles. The number of carbonyl (C=O) groups excluding carboxylic acids is 1. The van der Waals surface area contributed by atoms with E-state index in [0.29, 0.717) is 5.56 Å². The van der Waals surface area contributed by atoms with E-state index in [4.69, 9.17) is 0 Å². The van der Waals surface area contributed by atoms with Gasteiger partial charge in [-0.05, 0) is 12.1 Å². The summed E-state index contributed by atoms with van der Waals surface area (Å²) in [5, 5.41) is 0. The van der Waals surface area contributed by atoms with Crippen LogP contribution in [-0.4, -0.2) is 13.1 Å². The van der Waals surface area contributed by atoms with E-state index in [-0.39, 0.29) is 49.4 Å². The fourth-order valence-electron chi connectivity index (χ4n) is 0.925. The molecule has 1 aromatic rings. The minimum atomic E-state index is -0.300. The van der Waals surface area contributed by atoms with E-state index in [1.807, 2.05) is 12.1 Å². The zero-order valence-electron chi connectivity index (χ0n) is 8.13. The van der Waals surface area contributed by atoms with Gasteiger partial charge >= 0.3 is 25.4 Å². The van der Waals surface area contributed by atoms with Crippen LogP contribution in [0.4, 0.5) is 0 Å². The molecular weight excluding hydrogens is 344 g/mol. The van der Waals surface area contributed by atoms with E-state index in [0.717, 1.165) is 12.0 Å². The van der Waals surface area contributed by atoms with Crippen LogP contribution in [0.5, 0.6) is 0 Å². The standard InChI is InChI=1S/C10H11O2.HI.Zn/c1-3-8-4-6-9(7-5-8)10(11)12-2;;/h4-7H,1,3H2,2H3;1H;/q-1;;+2/p-1. The van der Waals surface area contributed by atoms with Crippen molar-refractivity contribution >= 4 is 5.97 Å². The van der Waals surface area contributed by atoms with Gasteiger partial charge < -0.3 is 35.6 Å². The average molecular weight is 355 g/mol. The first-order valence-corrected chi connectivity index (χ1v) is 3.74. The van der Waals surface area contributed by atoms with Crippen LogP contribution in [0.2, 0.25) is 0 Å². The molecule has 72 valence electrons. The summed E-state index contributed by atoms with van der Waals surface area (Å²) < 4.78 is 4.56. The summed E-state index contributed by atoms with van der Waals surface area (Å²) in [6.45, 7) is 3.73. The molecule has 0 atom stereocenters. The molecule has 2 nitrogen and oxygen atoms in total. The van der Waals surface area contributed by atoms with Gasteiger partial charge in [-0.1, -0.05) is 17.7 Å². The van der Waals surface area contributed by atoms with Crippen LogP contribution in [0.15, 0.2) is 24.3 Å². The molecular formula is C10H11IO2Zn. The molecule has 1 rings (SSSR count). The van der Waals surface area contributed by atoms with E-state index >= 15 is 0 Å². The minimum absolute atomic E-state index is 0. The second-order valence-electron chi connectivity index (χ2n) is 2.44.